The molecular formula is C24H19ClN4OS. The van der Waals surface area contributed by atoms with Crippen molar-refractivity contribution in [2.24, 2.45) is 7.05 Å². The highest BCUT2D eigenvalue weighted by Crippen LogP contribution is 2.34. The highest BCUT2D eigenvalue weighted by molar-refractivity contribution is 7.13. The van der Waals surface area contributed by atoms with E-state index in [1.54, 1.807) is 35.2 Å². The molecule has 0 bridgehead atoms. The molecule has 0 saturated carbocycles. The van der Waals surface area contributed by atoms with Gasteiger partial charge in [-0.3, -0.25) is 4.79 Å². The van der Waals surface area contributed by atoms with Gasteiger partial charge in [0.15, 0.2) is 0 Å². The van der Waals surface area contributed by atoms with Crippen LogP contribution in [0.4, 0.5) is 0 Å². The minimum Gasteiger partial charge on any atom is -0.326 e. The third-order valence-corrected chi connectivity index (χ3v) is 6.69. The second kappa shape index (κ2) is 7.80. The zero-order valence-corrected chi connectivity index (χ0v) is 18.6. The van der Waals surface area contributed by atoms with Gasteiger partial charge in [-0.15, -0.1) is 11.3 Å². The van der Waals surface area contributed by atoms with Gasteiger partial charge in [0.2, 0.25) is 0 Å². The summed E-state index contributed by atoms with van der Waals surface area (Å²) in [6.07, 6.45) is 5.54. The van der Waals surface area contributed by atoms with E-state index in [4.69, 9.17) is 11.6 Å². The first-order chi connectivity index (χ1) is 15.0. The average Bonchev–Trinajstić information content (AvgIpc) is 3.44. The lowest BCUT2D eigenvalue weighted by atomic mass is 9.95. The molecule has 5 aromatic rings. The average molecular weight is 447 g/mol. The van der Waals surface area contributed by atoms with Crippen LogP contribution in [0.1, 0.15) is 22.9 Å². The summed E-state index contributed by atoms with van der Waals surface area (Å²) < 4.78 is 3.75. The SMILES string of the molecule is Cc1csc(-c2cc(=O)n(C)c3ccc(C(c4ccc(Cl)cc4)n4ccnc4)cc23)n1. The van der Waals surface area contributed by atoms with Gasteiger partial charge in [0.05, 0.1) is 17.9 Å². The Bertz CT molecular complexity index is 1440. The third-order valence-electron chi connectivity index (χ3n) is 5.44. The van der Waals surface area contributed by atoms with Crippen LogP contribution in [0.25, 0.3) is 21.5 Å². The quantitative estimate of drug-likeness (QED) is 0.368. The fourth-order valence-corrected chi connectivity index (χ4v) is 4.86. The summed E-state index contributed by atoms with van der Waals surface area (Å²) >= 11 is 7.68. The molecule has 0 fully saturated rings. The molecule has 0 aliphatic rings. The van der Waals surface area contributed by atoms with E-state index in [1.807, 2.05) is 55.2 Å². The molecule has 1 atom stereocenters. The second-order valence-corrected chi connectivity index (χ2v) is 8.78. The van der Waals surface area contributed by atoms with E-state index < -0.39 is 0 Å². The number of fused-ring (bicyclic) bond motifs is 1. The largest absolute Gasteiger partial charge is 0.326 e. The van der Waals surface area contributed by atoms with E-state index in [0.29, 0.717) is 5.02 Å². The van der Waals surface area contributed by atoms with Crippen LogP contribution in [0.3, 0.4) is 0 Å². The van der Waals surface area contributed by atoms with E-state index in [0.717, 1.165) is 38.3 Å². The normalized spacial score (nSPS) is 12.4. The Morgan fingerprint density at radius 2 is 1.84 bits per heavy atom. The first kappa shape index (κ1) is 19.7. The van der Waals surface area contributed by atoms with Gasteiger partial charge in [0, 0.05) is 52.6 Å². The predicted molar refractivity (Wildman–Crippen MR) is 126 cm³/mol. The summed E-state index contributed by atoms with van der Waals surface area (Å²) in [5, 5.41) is 4.55. The fraction of sp³-hybridized carbons (Fsp3) is 0.125. The lowest BCUT2D eigenvalue weighted by Gasteiger charge is -2.21. The molecule has 3 heterocycles. The Morgan fingerprint density at radius 3 is 2.52 bits per heavy atom. The van der Waals surface area contributed by atoms with Crippen molar-refractivity contribution in [2.45, 2.75) is 13.0 Å². The summed E-state index contributed by atoms with van der Waals surface area (Å²) in [4.78, 5) is 21.5. The molecule has 0 amide bonds. The standard InChI is InChI=1S/C24H19ClN4OS/c1-15-13-31-24(27-15)20-12-22(30)28(2)21-8-5-17(11-19(20)21)23(29-10-9-26-14-29)16-3-6-18(25)7-4-16/h3-14,23H,1-2H3. The number of thiazole rings is 1. The molecule has 5 rings (SSSR count). The topological polar surface area (TPSA) is 52.7 Å². The zero-order chi connectivity index (χ0) is 21.5. The number of aryl methyl sites for hydroxylation is 2. The van der Waals surface area contributed by atoms with Crippen LogP contribution in [0.15, 0.2) is 77.4 Å². The number of rotatable bonds is 4. The number of nitrogens with zero attached hydrogens (tertiary/aromatic N) is 4. The number of halogens is 1. The zero-order valence-electron chi connectivity index (χ0n) is 17.0. The van der Waals surface area contributed by atoms with Gasteiger partial charge in [0.25, 0.3) is 5.56 Å². The van der Waals surface area contributed by atoms with Gasteiger partial charge in [-0.25, -0.2) is 9.97 Å². The molecule has 2 aromatic carbocycles. The van der Waals surface area contributed by atoms with Gasteiger partial charge >= 0.3 is 0 Å². The third kappa shape index (κ3) is 3.58. The van der Waals surface area contributed by atoms with Crippen molar-refractivity contribution in [1.82, 2.24) is 19.1 Å². The lowest BCUT2D eigenvalue weighted by molar-refractivity contribution is 0.677. The van der Waals surface area contributed by atoms with E-state index in [2.05, 4.69) is 26.7 Å². The molecule has 7 heteroatoms. The Kier molecular flexibility index (Phi) is 4.96. The number of pyridine rings is 1. The van der Waals surface area contributed by atoms with Crippen LogP contribution in [-0.2, 0) is 7.05 Å². The van der Waals surface area contributed by atoms with Gasteiger partial charge in [-0.05, 0) is 42.3 Å². The molecule has 0 aliphatic carbocycles. The summed E-state index contributed by atoms with van der Waals surface area (Å²) in [6.45, 7) is 1.96. The number of aromatic nitrogens is 4. The first-order valence-corrected chi connectivity index (χ1v) is 11.1. The van der Waals surface area contributed by atoms with Crippen LogP contribution >= 0.6 is 22.9 Å². The monoisotopic (exact) mass is 446 g/mol. The van der Waals surface area contributed by atoms with Gasteiger partial charge in [-0.1, -0.05) is 29.8 Å². The Labute approximate surface area is 188 Å². The minimum absolute atomic E-state index is 0.0491. The molecule has 154 valence electrons. The molecule has 0 N–H and O–H groups in total. The molecule has 0 saturated heterocycles. The lowest BCUT2D eigenvalue weighted by Crippen LogP contribution is -2.17. The highest BCUT2D eigenvalue weighted by Gasteiger charge is 2.19. The Hall–Kier alpha value is -3.22. The molecule has 0 radical (unpaired) electrons. The minimum atomic E-state index is -0.0766. The predicted octanol–water partition coefficient (Wildman–Crippen LogP) is 5.46. The van der Waals surface area contributed by atoms with Crippen molar-refractivity contribution in [3.8, 4) is 10.6 Å². The van der Waals surface area contributed by atoms with Crippen LogP contribution in [0, 0.1) is 6.92 Å². The second-order valence-electron chi connectivity index (χ2n) is 7.49. The van der Waals surface area contributed by atoms with Crippen molar-refractivity contribution in [3.63, 3.8) is 0 Å². The molecule has 0 aliphatic heterocycles. The number of hydrogen-bond donors (Lipinski definition) is 0. The molecule has 3 aromatic heterocycles. The van der Waals surface area contributed by atoms with Crippen LogP contribution in [0.2, 0.25) is 5.02 Å². The van der Waals surface area contributed by atoms with Crippen molar-refractivity contribution in [2.75, 3.05) is 0 Å². The maximum atomic E-state index is 12.6. The summed E-state index contributed by atoms with van der Waals surface area (Å²) in [5.74, 6) is 0. The highest BCUT2D eigenvalue weighted by atomic mass is 35.5. The number of imidazole rings is 1. The summed E-state index contributed by atoms with van der Waals surface area (Å²) in [7, 11) is 1.80. The Morgan fingerprint density at radius 1 is 1.06 bits per heavy atom. The smallest absolute Gasteiger partial charge is 0.251 e. The fourth-order valence-electron chi connectivity index (χ4n) is 3.91. The van der Waals surface area contributed by atoms with Crippen molar-refractivity contribution >= 4 is 33.8 Å². The summed E-state index contributed by atoms with van der Waals surface area (Å²) in [6, 6.07) is 15.7. The molecule has 0 spiro atoms. The summed E-state index contributed by atoms with van der Waals surface area (Å²) in [5.41, 5.74) is 4.81. The van der Waals surface area contributed by atoms with Gasteiger partial charge in [-0.2, -0.15) is 0 Å². The first-order valence-electron chi connectivity index (χ1n) is 9.80. The maximum absolute atomic E-state index is 12.6. The van der Waals surface area contributed by atoms with Crippen molar-refractivity contribution in [1.29, 1.82) is 0 Å². The Balaban J connectivity index is 1.76. The van der Waals surface area contributed by atoms with E-state index in [1.165, 1.54) is 0 Å². The van der Waals surface area contributed by atoms with Crippen LogP contribution < -0.4 is 5.56 Å². The molecule has 1 unspecified atom stereocenters. The molecule has 5 nitrogen and oxygen atoms in total. The van der Waals surface area contributed by atoms with Crippen molar-refractivity contribution in [3.05, 3.63) is 105 Å². The van der Waals surface area contributed by atoms with Crippen molar-refractivity contribution < 1.29 is 0 Å². The molecular weight excluding hydrogens is 428 g/mol. The van der Waals surface area contributed by atoms with Gasteiger partial charge in [0.1, 0.15) is 5.01 Å². The van der Waals surface area contributed by atoms with Crippen LogP contribution in [0.5, 0.6) is 0 Å². The van der Waals surface area contributed by atoms with E-state index in [9.17, 15) is 4.79 Å². The molecule has 31 heavy (non-hydrogen) atoms. The van der Waals surface area contributed by atoms with Crippen LogP contribution in [-0.4, -0.2) is 19.1 Å². The number of benzene rings is 2. The van der Waals surface area contributed by atoms with E-state index in [-0.39, 0.29) is 11.6 Å². The number of hydrogen-bond acceptors (Lipinski definition) is 4. The van der Waals surface area contributed by atoms with Gasteiger partial charge < -0.3 is 9.13 Å². The van der Waals surface area contributed by atoms with E-state index >= 15 is 0 Å². The maximum Gasteiger partial charge on any atom is 0.251 e.